The fourth-order valence-electron chi connectivity index (χ4n) is 5.10. The minimum atomic E-state index is -0.550. The minimum Gasteiger partial charge on any atom is -0.322 e. The van der Waals surface area contributed by atoms with Gasteiger partial charge in [0.1, 0.15) is 6.04 Å². The third kappa shape index (κ3) is 2.95. The Morgan fingerprint density at radius 1 is 1.15 bits per heavy atom. The first kappa shape index (κ1) is 16.9. The van der Waals surface area contributed by atoms with E-state index in [1.807, 2.05) is 12.1 Å². The maximum atomic E-state index is 12.9. The van der Waals surface area contributed by atoms with Crippen LogP contribution in [0.25, 0.3) is 0 Å². The number of benzene rings is 1. The summed E-state index contributed by atoms with van der Waals surface area (Å²) < 4.78 is 0. The first-order valence-corrected chi connectivity index (χ1v) is 9.79. The van der Waals surface area contributed by atoms with Crippen LogP contribution in [0.4, 0.5) is 0 Å². The standard InChI is InChI=1S/C20H24N4O3/c25-18-5-4-17(19(26)22-18)24-11-16-13(2-1-3-15(16)20(24)27)9-23-8-12-6-14(10-23)21-7-12/h1-3,12,14,17,21H,4-11H2,(H,22,25,26). The van der Waals surface area contributed by atoms with Crippen LogP contribution in [0, 0.1) is 5.92 Å². The number of carbonyl (C=O) groups excluding carboxylic acids is 3. The second kappa shape index (κ2) is 6.42. The van der Waals surface area contributed by atoms with Gasteiger partial charge in [0, 0.05) is 44.2 Å². The van der Waals surface area contributed by atoms with Crippen molar-refractivity contribution < 1.29 is 14.4 Å². The van der Waals surface area contributed by atoms with Gasteiger partial charge in [0.15, 0.2) is 0 Å². The second-order valence-corrected chi connectivity index (χ2v) is 8.24. The van der Waals surface area contributed by atoms with Gasteiger partial charge >= 0.3 is 0 Å². The lowest BCUT2D eigenvalue weighted by Crippen LogP contribution is -2.52. The number of likely N-dealkylation sites (tertiary alicyclic amines) is 1. The van der Waals surface area contributed by atoms with E-state index in [9.17, 15) is 14.4 Å². The summed E-state index contributed by atoms with van der Waals surface area (Å²) >= 11 is 0. The molecule has 7 nitrogen and oxygen atoms in total. The van der Waals surface area contributed by atoms with E-state index < -0.39 is 6.04 Å². The van der Waals surface area contributed by atoms with Gasteiger partial charge in [-0.05, 0) is 42.5 Å². The quantitative estimate of drug-likeness (QED) is 0.747. The van der Waals surface area contributed by atoms with Crippen molar-refractivity contribution in [2.45, 2.75) is 44.4 Å². The van der Waals surface area contributed by atoms with Crippen LogP contribution in [0.2, 0.25) is 0 Å². The molecule has 4 heterocycles. The van der Waals surface area contributed by atoms with E-state index in [-0.39, 0.29) is 24.1 Å². The van der Waals surface area contributed by atoms with Crippen LogP contribution in [-0.4, -0.2) is 59.2 Å². The number of hydrogen-bond donors (Lipinski definition) is 2. The third-order valence-electron chi connectivity index (χ3n) is 6.38. The second-order valence-electron chi connectivity index (χ2n) is 8.24. The van der Waals surface area contributed by atoms with Crippen LogP contribution >= 0.6 is 0 Å². The van der Waals surface area contributed by atoms with Crippen molar-refractivity contribution in [3.8, 4) is 0 Å². The molecule has 3 fully saturated rings. The molecule has 0 aromatic heterocycles. The van der Waals surface area contributed by atoms with E-state index in [0.29, 0.717) is 24.6 Å². The topological polar surface area (TPSA) is 81.8 Å². The molecule has 0 saturated carbocycles. The molecule has 3 saturated heterocycles. The minimum absolute atomic E-state index is 0.0956. The predicted molar refractivity (Wildman–Crippen MR) is 97.7 cm³/mol. The Morgan fingerprint density at radius 3 is 2.85 bits per heavy atom. The summed E-state index contributed by atoms with van der Waals surface area (Å²) in [6.45, 7) is 4.54. The van der Waals surface area contributed by atoms with E-state index in [1.165, 1.54) is 12.0 Å². The normalized spacial score (nSPS) is 30.6. The number of nitrogens with one attached hydrogen (secondary N) is 2. The van der Waals surface area contributed by atoms with Gasteiger partial charge < -0.3 is 10.2 Å². The van der Waals surface area contributed by atoms with Crippen molar-refractivity contribution in [3.63, 3.8) is 0 Å². The average molecular weight is 368 g/mol. The van der Waals surface area contributed by atoms with E-state index in [1.54, 1.807) is 4.90 Å². The van der Waals surface area contributed by atoms with E-state index in [2.05, 4.69) is 21.6 Å². The van der Waals surface area contributed by atoms with Gasteiger partial charge in [-0.25, -0.2) is 0 Å². The van der Waals surface area contributed by atoms with Crippen LogP contribution in [0.5, 0.6) is 0 Å². The Bertz CT molecular complexity index is 811. The number of piperidine rings is 2. The van der Waals surface area contributed by atoms with Crippen molar-refractivity contribution in [2.24, 2.45) is 5.92 Å². The molecular weight excluding hydrogens is 344 g/mol. The van der Waals surface area contributed by atoms with Crippen LogP contribution in [0.15, 0.2) is 18.2 Å². The highest BCUT2D eigenvalue weighted by atomic mass is 16.2. The number of imide groups is 1. The number of fused-ring (bicyclic) bond motifs is 3. The van der Waals surface area contributed by atoms with Crippen molar-refractivity contribution in [2.75, 3.05) is 19.6 Å². The largest absolute Gasteiger partial charge is 0.322 e. The number of nitrogens with zero attached hydrogens (tertiary/aromatic N) is 2. The molecule has 1 aromatic carbocycles. The highest BCUT2D eigenvalue weighted by Gasteiger charge is 2.40. The van der Waals surface area contributed by atoms with E-state index in [4.69, 9.17) is 0 Å². The molecular formula is C20H24N4O3. The molecule has 3 unspecified atom stereocenters. The molecule has 5 rings (SSSR count). The van der Waals surface area contributed by atoms with E-state index >= 15 is 0 Å². The van der Waals surface area contributed by atoms with Gasteiger partial charge in [0.25, 0.3) is 5.91 Å². The molecule has 4 aliphatic heterocycles. The van der Waals surface area contributed by atoms with Gasteiger partial charge in [-0.15, -0.1) is 0 Å². The fraction of sp³-hybridized carbons (Fsp3) is 0.550. The number of amides is 3. The summed E-state index contributed by atoms with van der Waals surface area (Å²) in [6.07, 6.45) is 1.96. The zero-order valence-corrected chi connectivity index (χ0v) is 15.2. The van der Waals surface area contributed by atoms with Crippen molar-refractivity contribution in [1.82, 2.24) is 20.4 Å². The number of carbonyl (C=O) groups is 3. The van der Waals surface area contributed by atoms with Crippen molar-refractivity contribution in [3.05, 3.63) is 34.9 Å². The maximum Gasteiger partial charge on any atom is 0.255 e. The number of hydrogen-bond acceptors (Lipinski definition) is 5. The highest BCUT2D eigenvalue weighted by molar-refractivity contribution is 6.05. The molecule has 27 heavy (non-hydrogen) atoms. The Morgan fingerprint density at radius 2 is 2.04 bits per heavy atom. The van der Waals surface area contributed by atoms with Crippen LogP contribution < -0.4 is 10.6 Å². The summed E-state index contributed by atoms with van der Waals surface area (Å²) in [5.74, 6) is 0.0194. The molecule has 3 atom stereocenters. The Hall–Kier alpha value is -2.25. The zero-order chi connectivity index (χ0) is 18.5. The van der Waals surface area contributed by atoms with Crippen LogP contribution in [-0.2, 0) is 22.7 Å². The Balaban J connectivity index is 1.36. The smallest absolute Gasteiger partial charge is 0.255 e. The monoisotopic (exact) mass is 368 g/mol. The molecule has 1 aromatic rings. The molecule has 0 radical (unpaired) electrons. The summed E-state index contributed by atoms with van der Waals surface area (Å²) in [5.41, 5.74) is 2.92. The highest BCUT2D eigenvalue weighted by Crippen LogP contribution is 2.31. The number of rotatable bonds is 3. The molecule has 4 aliphatic rings. The van der Waals surface area contributed by atoms with Gasteiger partial charge in [-0.1, -0.05) is 12.1 Å². The Labute approximate surface area is 158 Å². The maximum absolute atomic E-state index is 12.9. The lowest BCUT2D eigenvalue weighted by molar-refractivity contribution is -0.136. The molecule has 2 bridgehead atoms. The van der Waals surface area contributed by atoms with Gasteiger partial charge in [-0.3, -0.25) is 24.6 Å². The molecule has 142 valence electrons. The van der Waals surface area contributed by atoms with Crippen molar-refractivity contribution >= 4 is 17.7 Å². The predicted octanol–water partition coefficient (Wildman–Crippen LogP) is 0.241. The Kier molecular flexibility index (Phi) is 4.02. The molecule has 7 heteroatoms. The molecule has 3 amide bonds. The molecule has 2 N–H and O–H groups in total. The van der Waals surface area contributed by atoms with Crippen molar-refractivity contribution in [1.29, 1.82) is 0 Å². The summed E-state index contributed by atoms with van der Waals surface area (Å²) in [7, 11) is 0. The molecule has 0 spiro atoms. The first-order chi connectivity index (χ1) is 13.1. The molecule has 0 aliphatic carbocycles. The summed E-state index contributed by atoms with van der Waals surface area (Å²) in [6, 6.07) is 5.93. The van der Waals surface area contributed by atoms with Crippen LogP contribution in [0.3, 0.4) is 0 Å². The van der Waals surface area contributed by atoms with E-state index in [0.717, 1.165) is 37.7 Å². The van der Waals surface area contributed by atoms with Gasteiger partial charge in [0.05, 0.1) is 0 Å². The fourth-order valence-corrected chi connectivity index (χ4v) is 5.10. The average Bonchev–Trinajstić information content (AvgIpc) is 3.16. The third-order valence-corrected chi connectivity index (χ3v) is 6.38. The van der Waals surface area contributed by atoms with Gasteiger partial charge in [-0.2, -0.15) is 0 Å². The zero-order valence-electron chi connectivity index (χ0n) is 15.2. The summed E-state index contributed by atoms with van der Waals surface area (Å²) in [4.78, 5) is 40.7. The SMILES string of the molecule is O=C1CCC(N2Cc3c(CN4CC5CNC(C5)C4)cccc3C2=O)C(=O)N1. The first-order valence-electron chi connectivity index (χ1n) is 9.79. The summed E-state index contributed by atoms with van der Waals surface area (Å²) in [5, 5.41) is 5.94. The lowest BCUT2D eigenvalue weighted by atomic mass is 9.98. The lowest BCUT2D eigenvalue weighted by Gasteiger charge is -2.31. The van der Waals surface area contributed by atoms with Gasteiger partial charge in [0.2, 0.25) is 11.8 Å². The van der Waals surface area contributed by atoms with Crippen LogP contribution in [0.1, 0.15) is 40.7 Å².